The number of benzene rings is 1. The van der Waals surface area contributed by atoms with Gasteiger partial charge in [0.25, 0.3) is 0 Å². The molecule has 0 aliphatic carbocycles. The van der Waals surface area contributed by atoms with Crippen LogP contribution in [0.3, 0.4) is 0 Å². The predicted octanol–water partition coefficient (Wildman–Crippen LogP) is 3.27. The molecule has 3 rings (SSSR count). The number of aromatic nitrogens is 4. The molecule has 2 heterocycles. The Morgan fingerprint density at radius 3 is 2.58 bits per heavy atom. The SMILES string of the molecule is CC(C)c1ccc(Oc2ncnc3nc[nH]c23)cc1. The third kappa shape index (κ3) is 2.27. The fourth-order valence-corrected chi connectivity index (χ4v) is 1.85. The van der Waals surface area contributed by atoms with Crippen LogP contribution < -0.4 is 4.74 Å². The molecule has 0 amide bonds. The molecule has 0 bridgehead atoms. The van der Waals surface area contributed by atoms with E-state index >= 15 is 0 Å². The first-order valence-corrected chi connectivity index (χ1v) is 6.16. The van der Waals surface area contributed by atoms with Crippen molar-refractivity contribution >= 4 is 11.2 Å². The topological polar surface area (TPSA) is 63.7 Å². The van der Waals surface area contributed by atoms with Crippen LogP contribution in [0.2, 0.25) is 0 Å². The molecule has 0 saturated carbocycles. The largest absolute Gasteiger partial charge is 0.437 e. The molecular weight excluding hydrogens is 240 g/mol. The number of hydrogen-bond acceptors (Lipinski definition) is 4. The molecule has 0 aliphatic heterocycles. The van der Waals surface area contributed by atoms with Crippen LogP contribution in [0.15, 0.2) is 36.9 Å². The normalized spacial score (nSPS) is 11.1. The van der Waals surface area contributed by atoms with E-state index in [0.29, 0.717) is 23.0 Å². The quantitative estimate of drug-likeness (QED) is 0.779. The average Bonchev–Trinajstić information content (AvgIpc) is 2.89. The van der Waals surface area contributed by atoms with Crippen LogP contribution >= 0.6 is 0 Å². The standard InChI is InChI=1S/C14H14N4O/c1-9(2)10-3-5-11(6-4-10)19-14-12-13(16-7-15-12)17-8-18-14/h3-9H,1-2H3,(H,15,16,17,18). The maximum absolute atomic E-state index is 5.76. The first-order valence-electron chi connectivity index (χ1n) is 6.16. The summed E-state index contributed by atoms with van der Waals surface area (Å²) in [6.45, 7) is 4.32. The van der Waals surface area contributed by atoms with Crippen LogP contribution in [0.25, 0.3) is 11.2 Å². The highest BCUT2D eigenvalue weighted by molar-refractivity contribution is 5.75. The van der Waals surface area contributed by atoms with E-state index in [1.807, 2.05) is 12.1 Å². The van der Waals surface area contributed by atoms with E-state index in [0.717, 1.165) is 5.75 Å². The molecular formula is C14H14N4O. The summed E-state index contributed by atoms with van der Waals surface area (Å²) in [4.78, 5) is 15.2. The van der Waals surface area contributed by atoms with E-state index in [4.69, 9.17) is 4.74 Å². The Bertz CT molecular complexity index is 688. The van der Waals surface area contributed by atoms with E-state index in [2.05, 4.69) is 45.9 Å². The van der Waals surface area contributed by atoms with Crippen LogP contribution in [0.5, 0.6) is 11.6 Å². The van der Waals surface area contributed by atoms with Crippen molar-refractivity contribution in [3.05, 3.63) is 42.5 Å². The molecule has 0 radical (unpaired) electrons. The third-order valence-electron chi connectivity index (χ3n) is 2.95. The van der Waals surface area contributed by atoms with Crippen molar-refractivity contribution in [1.29, 1.82) is 0 Å². The van der Waals surface area contributed by atoms with E-state index in [1.54, 1.807) is 6.33 Å². The molecule has 0 atom stereocenters. The minimum atomic E-state index is 0.486. The first-order chi connectivity index (χ1) is 9.24. The summed E-state index contributed by atoms with van der Waals surface area (Å²) in [6.07, 6.45) is 3.02. The van der Waals surface area contributed by atoms with Gasteiger partial charge in [0.15, 0.2) is 5.65 Å². The van der Waals surface area contributed by atoms with Crippen molar-refractivity contribution in [3.8, 4) is 11.6 Å². The highest BCUT2D eigenvalue weighted by atomic mass is 16.5. The number of imidazole rings is 1. The number of H-pyrrole nitrogens is 1. The van der Waals surface area contributed by atoms with E-state index < -0.39 is 0 Å². The lowest BCUT2D eigenvalue weighted by molar-refractivity contribution is 0.467. The number of hydrogen-bond donors (Lipinski definition) is 1. The summed E-state index contributed by atoms with van der Waals surface area (Å²) >= 11 is 0. The third-order valence-corrected chi connectivity index (χ3v) is 2.95. The van der Waals surface area contributed by atoms with Gasteiger partial charge in [-0.15, -0.1) is 0 Å². The van der Waals surface area contributed by atoms with Gasteiger partial charge in [0.05, 0.1) is 6.33 Å². The van der Waals surface area contributed by atoms with Crippen LogP contribution in [0.4, 0.5) is 0 Å². The average molecular weight is 254 g/mol. The number of nitrogens with zero attached hydrogens (tertiary/aromatic N) is 3. The number of rotatable bonds is 3. The zero-order valence-electron chi connectivity index (χ0n) is 10.8. The summed E-state index contributed by atoms with van der Waals surface area (Å²) < 4.78 is 5.76. The van der Waals surface area contributed by atoms with Crippen LogP contribution in [-0.2, 0) is 0 Å². The summed E-state index contributed by atoms with van der Waals surface area (Å²) in [6, 6.07) is 8.01. The monoisotopic (exact) mass is 254 g/mol. The fourth-order valence-electron chi connectivity index (χ4n) is 1.85. The smallest absolute Gasteiger partial charge is 0.248 e. The molecule has 5 nitrogen and oxygen atoms in total. The molecule has 1 aromatic carbocycles. The van der Waals surface area contributed by atoms with Crippen molar-refractivity contribution in [1.82, 2.24) is 19.9 Å². The zero-order chi connectivity index (χ0) is 13.2. The van der Waals surface area contributed by atoms with Gasteiger partial charge in [-0.05, 0) is 23.6 Å². The molecule has 2 aromatic heterocycles. The molecule has 0 saturated heterocycles. The van der Waals surface area contributed by atoms with Gasteiger partial charge in [0, 0.05) is 0 Å². The molecule has 5 heteroatoms. The van der Waals surface area contributed by atoms with Gasteiger partial charge in [0.1, 0.15) is 17.6 Å². The second kappa shape index (κ2) is 4.68. The lowest BCUT2D eigenvalue weighted by Gasteiger charge is -2.08. The Morgan fingerprint density at radius 1 is 1.05 bits per heavy atom. The van der Waals surface area contributed by atoms with Crippen molar-refractivity contribution in [2.45, 2.75) is 19.8 Å². The number of nitrogens with one attached hydrogen (secondary N) is 1. The predicted molar refractivity (Wildman–Crippen MR) is 72.3 cm³/mol. The summed E-state index contributed by atoms with van der Waals surface area (Å²) in [5, 5.41) is 0. The number of fused-ring (bicyclic) bond motifs is 1. The van der Waals surface area contributed by atoms with Gasteiger partial charge in [-0.25, -0.2) is 9.97 Å². The highest BCUT2D eigenvalue weighted by Gasteiger charge is 2.08. The maximum atomic E-state index is 5.76. The molecule has 96 valence electrons. The zero-order valence-corrected chi connectivity index (χ0v) is 10.8. The lowest BCUT2D eigenvalue weighted by atomic mass is 10.0. The van der Waals surface area contributed by atoms with Gasteiger partial charge in [-0.1, -0.05) is 26.0 Å². The van der Waals surface area contributed by atoms with Gasteiger partial charge >= 0.3 is 0 Å². The Morgan fingerprint density at radius 2 is 1.84 bits per heavy atom. The van der Waals surface area contributed by atoms with Gasteiger partial charge < -0.3 is 9.72 Å². The van der Waals surface area contributed by atoms with Gasteiger partial charge in [-0.2, -0.15) is 4.98 Å². The Kier molecular flexibility index (Phi) is 2.87. The number of ether oxygens (including phenoxy) is 1. The van der Waals surface area contributed by atoms with Gasteiger partial charge in [0.2, 0.25) is 5.88 Å². The molecule has 0 spiro atoms. The molecule has 3 aromatic rings. The van der Waals surface area contributed by atoms with Crippen LogP contribution in [-0.4, -0.2) is 19.9 Å². The Balaban J connectivity index is 1.90. The Hall–Kier alpha value is -2.43. The van der Waals surface area contributed by atoms with E-state index in [-0.39, 0.29) is 0 Å². The molecule has 19 heavy (non-hydrogen) atoms. The van der Waals surface area contributed by atoms with Crippen molar-refractivity contribution < 1.29 is 4.74 Å². The van der Waals surface area contributed by atoms with Crippen LogP contribution in [0, 0.1) is 0 Å². The molecule has 0 unspecified atom stereocenters. The highest BCUT2D eigenvalue weighted by Crippen LogP contribution is 2.25. The fraction of sp³-hybridized carbons (Fsp3) is 0.214. The van der Waals surface area contributed by atoms with E-state index in [9.17, 15) is 0 Å². The summed E-state index contributed by atoms with van der Waals surface area (Å²) in [5.41, 5.74) is 2.58. The maximum Gasteiger partial charge on any atom is 0.248 e. The number of aromatic amines is 1. The van der Waals surface area contributed by atoms with Crippen molar-refractivity contribution in [3.63, 3.8) is 0 Å². The first kappa shape index (κ1) is 11.6. The summed E-state index contributed by atoms with van der Waals surface area (Å²) in [7, 11) is 0. The second-order valence-electron chi connectivity index (χ2n) is 4.61. The molecule has 1 N–H and O–H groups in total. The second-order valence-corrected chi connectivity index (χ2v) is 4.61. The van der Waals surface area contributed by atoms with Crippen molar-refractivity contribution in [2.75, 3.05) is 0 Å². The van der Waals surface area contributed by atoms with E-state index in [1.165, 1.54) is 11.9 Å². The minimum Gasteiger partial charge on any atom is -0.437 e. The Labute approximate surface area is 110 Å². The van der Waals surface area contributed by atoms with Gasteiger partial charge in [-0.3, -0.25) is 0 Å². The van der Waals surface area contributed by atoms with Crippen molar-refractivity contribution in [2.24, 2.45) is 0 Å². The molecule has 0 fully saturated rings. The molecule has 0 aliphatic rings. The minimum absolute atomic E-state index is 0.486. The summed E-state index contributed by atoms with van der Waals surface area (Å²) in [5.74, 6) is 1.74. The van der Waals surface area contributed by atoms with Crippen LogP contribution in [0.1, 0.15) is 25.3 Å². The lowest BCUT2D eigenvalue weighted by Crippen LogP contribution is -1.92.